The molecule has 0 bridgehead atoms. The predicted molar refractivity (Wildman–Crippen MR) is 90.8 cm³/mol. The van der Waals surface area contributed by atoms with Crippen molar-refractivity contribution in [2.75, 3.05) is 32.8 Å². The highest BCUT2D eigenvalue weighted by Gasteiger charge is 2.39. The molecule has 2 saturated heterocycles. The number of nitrogens with one attached hydrogen (secondary N) is 1. The molecule has 2 aliphatic heterocycles. The third-order valence-electron chi connectivity index (χ3n) is 5.47. The molecule has 148 valence electrons. The lowest BCUT2D eigenvalue weighted by atomic mass is 9.97. The molecule has 0 amide bonds. The summed E-state index contributed by atoms with van der Waals surface area (Å²) in [7, 11) is 0. The van der Waals surface area contributed by atoms with Gasteiger partial charge in [-0.1, -0.05) is 6.92 Å². The molecule has 0 spiro atoms. The predicted octanol–water partition coefficient (Wildman–Crippen LogP) is 1.91. The average Bonchev–Trinajstić information content (AvgIpc) is 3.18. The molecule has 2 aromatic heterocycles. The van der Waals surface area contributed by atoms with Crippen LogP contribution in [0.3, 0.4) is 0 Å². The van der Waals surface area contributed by atoms with Gasteiger partial charge in [-0.15, -0.1) is 0 Å². The first-order chi connectivity index (χ1) is 12.8. The van der Waals surface area contributed by atoms with E-state index >= 15 is 0 Å². The number of fused-ring (bicyclic) bond motifs is 1. The lowest BCUT2D eigenvalue weighted by molar-refractivity contribution is -0.143. The van der Waals surface area contributed by atoms with Crippen molar-refractivity contribution in [3.63, 3.8) is 0 Å². The van der Waals surface area contributed by atoms with E-state index in [1.54, 1.807) is 4.52 Å². The second kappa shape index (κ2) is 6.90. The van der Waals surface area contributed by atoms with Gasteiger partial charge in [0.15, 0.2) is 5.52 Å². The molecule has 27 heavy (non-hydrogen) atoms. The van der Waals surface area contributed by atoms with Crippen LogP contribution < -0.4 is 5.56 Å². The first-order valence-electron chi connectivity index (χ1n) is 9.16. The second-order valence-corrected chi connectivity index (χ2v) is 7.53. The fourth-order valence-electron chi connectivity index (χ4n) is 4.14. The molecular formula is C17H22F3N5O2. The maximum Gasteiger partial charge on any atom is 0.401 e. The van der Waals surface area contributed by atoms with Gasteiger partial charge in [-0.3, -0.25) is 9.69 Å². The van der Waals surface area contributed by atoms with Gasteiger partial charge in [-0.2, -0.15) is 18.3 Å². The fourth-order valence-corrected chi connectivity index (χ4v) is 4.14. The van der Waals surface area contributed by atoms with E-state index in [0.29, 0.717) is 31.1 Å². The van der Waals surface area contributed by atoms with Gasteiger partial charge in [0.25, 0.3) is 5.56 Å². The maximum absolute atomic E-state index is 12.7. The van der Waals surface area contributed by atoms with Crippen molar-refractivity contribution >= 4 is 5.52 Å². The topological polar surface area (TPSA) is 75.5 Å². The minimum absolute atomic E-state index is 0.0389. The van der Waals surface area contributed by atoms with Crippen molar-refractivity contribution in [3.8, 4) is 0 Å². The van der Waals surface area contributed by atoms with Crippen molar-refractivity contribution in [2.45, 2.75) is 37.8 Å². The zero-order valence-corrected chi connectivity index (χ0v) is 15.0. The number of halogens is 3. The van der Waals surface area contributed by atoms with Crippen LogP contribution >= 0.6 is 0 Å². The minimum atomic E-state index is -4.24. The van der Waals surface area contributed by atoms with Gasteiger partial charge in [0.2, 0.25) is 0 Å². The Labute approximate surface area is 153 Å². The number of likely N-dealkylation sites (tertiary alicyclic amines) is 1. The van der Waals surface area contributed by atoms with E-state index in [9.17, 15) is 18.0 Å². The van der Waals surface area contributed by atoms with Crippen LogP contribution in [-0.4, -0.2) is 63.5 Å². The van der Waals surface area contributed by atoms with Crippen LogP contribution in [0.25, 0.3) is 5.52 Å². The molecule has 4 rings (SSSR count). The van der Waals surface area contributed by atoms with Gasteiger partial charge in [-0.05, 0) is 18.8 Å². The third kappa shape index (κ3) is 3.73. The Morgan fingerprint density at radius 3 is 2.74 bits per heavy atom. The molecular weight excluding hydrogens is 363 g/mol. The summed E-state index contributed by atoms with van der Waals surface area (Å²) in [5, 5.41) is 4.58. The molecule has 0 aliphatic carbocycles. The van der Waals surface area contributed by atoms with Gasteiger partial charge >= 0.3 is 6.18 Å². The average molecular weight is 385 g/mol. The lowest BCUT2D eigenvalue weighted by Gasteiger charge is -2.21. The monoisotopic (exact) mass is 385 g/mol. The number of imidazole rings is 1. The Bertz CT molecular complexity index is 872. The van der Waals surface area contributed by atoms with E-state index in [-0.39, 0.29) is 29.9 Å². The molecule has 1 N–H and O–H groups in total. The quantitative estimate of drug-likeness (QED) is 0.874. The van der Waals surface area contributed by atoms with Crippen LogP contribution in [-0.2, 0) is 4.74 Å². The van der Waals surface area contributed by atoms with Crippen LogP contribution in [0.2, 0.25) is 0 Å². The van der Waals surface area contributed by atoms with E-state index in [1.807, 2.05) is 6.92 Å². The summed E-state index contributed by atoms with van der Waals surface area (Å²) in [6.07, 6.45) is -1.11. The molecule has 2 aromatic rings. The van der Waals surface area contributed by atoms with Gasteiger partial charge in [0.1, 0.15) is 11.6 Å². The van der Waals surface area contributed by atoms with E-state index < -0.39 is 12.7 Å². The number of aromatic amines is 1. The van der Waals surface area contributed by atoms with Crippen LogP contribution in [0, 0.1) is 5.92 Å². The van der Waals surface area contributed by atoms with Crippen molar-refractivity contribution in [1.82, 2.24) is 24.5 Å². The summed E-state index contributed by atoms with van der Waals surface area (Å²) in [4.78, 5) is 21.0. The molecule has 2 unspecified atom stereocenters. The largest absolute Gasteiger partial charge is 0.401 e. The Morgan fingerprint density at radius 2 is 2.04 bits per heavy atom. The molecule has 0 aromatic carbocycles. The smallest absolute Gasteiger partial charge is 0.381 e. The number of hydrogen-bond acceptors (Lipinski definition) is 5. The molecule has 4 heterocycles. The van der Waals surface area contributed by atoms with E-state index in [1.165, 1.54) is 11.1 Å². The molecule has 0 saturated carbocycles. The zero-order valence-electron chi connectivity index (χ0n) is 15.0. The number of ether oxygens (including phenoxy) is 1. The van der Waals surface area contributed by atoms with Gasteiger partial charge < -0.3 is 9.72 Å². The van der Waals surface area contributed by atoms with E-state index in [2.05, 4.69) is 15.1 Å². The van der Waals surface area contributed by atoms with Crippen LogP contribution in [0.1, 0.15) is 43.3 Å². The summed E-state index contributed by atoms with van der Waals surface area (Å²) in [5.74, 6) is 1.01. The highest BCUT2D eigenvalue weighted by Crippen LogP contribution is 2.32. The Balaban J connectivity index is 1.65. The molecule has 2 fully saturated rings. The highest BCUT2D eigenvalue weighted by atomic mass is 19.4. The molecule has 7 nitrogen and oxygen atoms in total. The molecule has 0 radical (unpaired) electrons. The number of H-pyrrole nitrogens is 1. The first-order valence-corrected chi connectivity index (χ1v) is 9.16. The van der Waals surface area contributed by atoms with Gasteiger partial charge in [-0.25, -0.2) is 9.50 Å². The summed E-state index contributed by atoms with van der Waals surface area (Å²) in [5.41, 5.74) is 0.0466. The van der Waals surface area contributed by atoms with Crippen LogP contribution in [0.4, 0.5) is 13.2 Å². The number of aromatic nitrogens is 4. The molecule has 10 heteroatoms. The minimum Gasteiger partial charge on any atom is -0.381 e. The second-order valence-electron chi connectivity index (χ2n) is 7.53. The summed E-state index contributed by atoms with van der Waals surface area (Å²) < 4.78 is 45.1. The number of hydrogen-bond donors (Lipinski definition) is 1. The van der Waals surface area contributed by atoms with Gasteiger partial charge in [0, 0.05) is 38.1 Å². The summed E-state index contributed by atoms with van der Waals surface area (Å²) in [6.45, 7) is 2.76. The fraction of sp³-hybridized carbons (Fsp3) is 0.706. The Kier molecular flexibility index (Phi) is 4.71. The van der Waals surface area contributed by atoms with Crippen molar-refractivity contribution in [1.29, 1.82) is 0 Å². The normalized spacial score (nSPS) is 25.5. The number of rotatable bonds is 3. The van der Waals surface area contributed by atoms with Crippen LogP contribution in [0.15, 0.2) is 11.0 Å². The van der Waals surface area contributed by atoms with E-state index in [0.717, 1.165) is 18.7 Å². The lowest BCUT2D eigenvalue weighted by Crippen LogP contribution is -2.32. The van der Waals surface area contributed by atoms with Crippen molar-refractivity contribution in [2.24, 2.45) is 5.92 Å². The highest BCUT2D eigenvalue weighted by molar-refractivity contribution is 5.42. The first kappa shape index (κ1) is 18.4. The number of nitrogens with zero attached hydrogens (tertiary/aromatic N) is 4. The zero-order chi connectivity index (χ0) is 19.2. The molecule has 2 aliphatic rings. The summed E-state index contributed by atoms with van der Waals surface area (Å²) in [6, 6.07) is 0. The maximum atomic E-state index is 12.7. The Hall–Kier alpha value is -1.94. The van der Waals surface area contributed by atoms with Crippen molar-refractivity contribution in [3.05, 3.63) is 28.2 Å². The summed E-state index contributed by atoms with van der Waals surface area (Å²) >= 11 is 0. The molecule has 2 atom stereocenters. The number of alkyl halides is 3. The standard InChI is InChI=1S/C17H22F3N5O2/c1-10-7-24(9-17(18,19)20)8-12(10)14-22-16(26)13-6-21-15(25(13)23-14)11-2-4-27-5-3-11/h6,10-12H,2-5,7-9H2,1H3,(H,22,23,26). The van der Waals surface area contributed by atoms with Gasteiger partial charge in [0.05, 0.1) is 12.7 Å². The third-order valence-corrected chi connectivity index (χ3v) is 5.47. The SMILES string of the molecule is CC1CN(CC(F)(F)F)CC1c1nn2c(C3CCOCC3)ncc2c(=O)[nH]1. The van der Waals surface area contributed by atoms with E-state index in [4.69, 9.17) is 4.74 Å². The van der Waals surface area contributed by atoms with Crippen LogP contribution in [0.5, 0.6) is 0 Å². The Morgan fingerprint density at radius 1 is 1.30 bits per heavy atom. The van der Waals surface area contributed by atoms with Crippen molar-refractivity contribution < 1.29 is 17.9 Å².